The highest BCUT2D eigenvalue weighted by Gasteiger charge is 2.17. The number of benzene rings is 1. The van der Waals surface area contributed by atoms with Crippen molar-refractivity contribution in [3.63, 3.8) is 0 Å². The first-order valence-corrected chi connectivity index (χ1v) is 7.24. The summed E-state index contributed by atoms with van der Waals surface area (Å²) in [5.41, 5.74) is 10.2. The van der Waals surface area contributed by atoms with E-state index in [1.807, 2.05) is 25.3 Å². The quantitative estimate of drug-likeness (QED) is 0.856. The van der Waals surface area contributed by atoms with Crippen LogP contribution in [0.4, 0.5) is 5.69 Å². The average Bonchev–Trinajstić information content (AvgIpc) is 2.49. The molecule has 0 aliphatic rings. The first-order chi connectivity index (χ1) is 10.2. The molecule has 0 saturated heterocycles. The molecule has 112 valence electrons. The zero-order valence-corrected chi connectivity index (χ0v) is 12.9. The van der Waals surface area contributed by atoms with Crippen LogP contribution in [-0.4, -0.2) is 18.6 Å². The van der Waals surface area contributed by atoms with Gasteiger partial charge in [-0.05, 0) is 43.1 Å². The molecule has 4 heteroatoms. The van der Waals surface area contributed by atoms with Gasteiger partial charge in [0, 0.05) is 23.6 Å². The van der Waals surface area contributed by atoms with Crippen LogP contribution in [0, 0.1) is 6.92 Å². The third-order valence-electron chi connectivity index (χ3n) is 3.55. The van der Waals surface area contributed by atoms with E-state index in [4.69, 9.17) is 10.5 Å². The van der Waals surface area contributed by atoms with Crippen molar-refractivity contribution in [2.75, 3.05) is 19.4 Å². The van der Waals surface area contributed by atoms with Crippen LogP contribution in [-0.2, 0) is 0 Å². The summed E-state index contributed by atoms with van der Waals surface area (Å²) in [5, 5.41) is 3.55. The van der Waals surface area contributed by atoms with Crippen molar-refractivity contribution in [3.05, 3.63) is 53.3 Å². The maximum atomic E-state index is 6.12. The molecule has 0 aliphatic heterocycles. The zero-order chi connectivity index (χ0) is 15.2. The molecule has 3 N–H and O–H groups in total. The van der Waals surface area contributed by atoms with E-state index in [1.54, 1.807) is 13.3 Å². The Morgan fingerprint density at radius 3 is 2.76 bits per heavy atom. The summed E-state index contributed by atoms with van der Waals surface area (Å²) in [7, 11) is 1.69. The minimum atomic E-state index is 0.0447. The number of rotatable bonds is 6. The third kappa shape index (κ3) is 3.52. The largest absolute Gasteiger partial charge is 0.496 e. The maximum absolute atomic E-state index is 6.12. The molecule has 1 unspecified atom stereocenters. The molecule has 0 radical (unpaired) electrons. The maximum Gasteiger partial charge on any atom is 0.121 e. The van der Waals surface area contributed by atoms with Crippen LogP contribution >= 0.6 is 0 Å². The highest BCUT2D eigenvalue weighted by Crippen LogP contribution is 2.29. The number of aromatic nitrogens is 1. The number of anilines is 1. The van der Waals surface area contributed by atoms with Gasteiger partial charge in [-0.1, -0.05) is 19.1 Å². The number of hydrogen-bond donors (Lipinski definition) is 2. The Morgan fingerprint density at radius 2 is 2.14 bits per heavy atom. The predicted molar refractivity (Wildman–Crippen MR) is 86.5 cm³/mol. The van der Waals surface area contributed by atoms with E-state index in [0.29, 0.717) is 0 Å². The van der Waals surface area contributed by atoms with Crippen molar-refractivity contribution >= 4 is 5.69 Å². The fourth-order valence-electron chi connectivity index (χ4n) is 2.44. The van der Waals surface area contributed by atoms with E-state index in [2.05, 4.69) is 29.4 Å². The summed E-state index contributed by atoms with van der Waals surface area (Å²) in [6.07, 6.45) is 4.61. The monoisotopic (exact) mass is 285 g/mol. The molecule has 0 aliphatic carbocycles. The minimum Gasteiger partial charge on any atom is -0.496 e. The van der Waals surface area contributed by atoms with Crippen LogP contribution in [0.1, 0.15) is 36.1 Å². The van der Waals surface area contributed by atoms with Gasteiger partial charge in [0.05, 0.1) is 13.2 Å². The van der Waals surface area contributed by atoms with Crippen molar-refractivity contribution in [3.8, 4) is 5.75 Å². The van der Waals surface area contributed by atoms with Crippen molar-refractivity contribution in [2.24, 2.45) is 0 Å². The van der Waals surface area contributed by atoms with E-state index in [-0.39, 0.29) is 6.04 Å². The first kappa shape index (κ1) is 15.3. The second-order valence-corrected chi connectivity index (χ2v) is 5.12. The first-order valence-electron chi connectivity index (χ1n) is 7.24. The van der Waals surface area contributed by atoms with E-state index in [0.717, 1.165) is 35.5 Å². The lowest BCUT2D eigenvalue weighted by Crippen LogP contribution is -2.24. The molecule has 0 saturated carbocycles. The minimum absolute atomic E-state index is 0.0447. The normalized spacial score (nSPS) is 12.1. The number of aryl methyl sites for hydroxylation is 1. The number of nitrogens with two attached hydrogens (primary N) is 1. The number of hydrogen-bond acceptors (Lipinski definition) is 4. The number of methoxy groups -OCH3 is 1. The van der Waals surface area contributed by atoms with E-state index in [9.17, 15) is 0 Å². The van der Waals surface area contributed by atoms with Crippen molar-refractivity contribution < 1.29 is 4.74 Å². The summed E-state index contributed by atoms with van der Waals surface area (Å²) in [4.78, 5) is 4.21. The van der Waals surface area contributed by atoms with Gasteiger partial charge in [-0.15, -0.1) is 0 Å². The smallest absolute Gasteiger partial charge is 0.121 e. The Labute approximate surface area is 126 Å². The highest BCUT2D eigenvalue weighted by molar-refractivity contribution is 5.50. The summed E-state index contributed by atoms with van der Waals surface area (Å²) >= 11 is 0. The average molecular weight is 285 g/mol. The van der Waals surface area contributed by atoms with E-state index < -0.39 is 0 Å². The molecule has 0 amide bonds. The number of nitrogen functional groups attached to an aromatic ring is 1. The summed E-state index contributed by atoms with van der Waals surface area (Å²) in [6, 6.07) is 8.09. The van der Waals surface area contributed by atoms with Crippen LogP contribution in [0.15, 0.2) is 36.7 Å². The lowest BCUT2D eigenvalue weighted by Gasteiger charge is -2.21. The number of nitrogens with zero attached hydrogens (tertiary/aromatic N) is 1. The van der Waals surface area contributed by atoms with Crippen molar-refractivity contribution in [2.45, 2.75) is 26.3 Å². The van der Waals surface area contributed by atoms with Gasteiger partial charge in [-0.2, -0.15) is 0 Å². The van der Waals surface area contributed by atoms with Gasteiger partial charge in [0.1, 0.15) is 5.75 Å². The van der Waals surface area contributed by atoms with Gasteiger partial charge in [0.2, 0.25) is 0 Å². The van der Waals surface area contributed by atoms with Gasteiger partial charge in [-0.25, -0.2) is 0 Å². The fraction of sp³-hybridized carbons (Fsp3) is 0.353. The Balaban J connectivity index is 2.40. The second kappa shape index (κ2) is 7.09. The second-order valence-electron chi connectivity index (χ2n) is 5.12. The standard InChI is InChI=1S/C17H23N3O/c1-4-8-20-17(14-11-19-9-7-15(14)18)13-5-6-16(21-3)12(2)10-13/h5-7,9-11,17,20H,4,8H2,1-3H3,(H2,18,19). The molecule has 1 heterocycles. The molecule has 1 atom stereocenters. The van der Waals surface area contributed by atoms with Gasteiger partial charge in [-0.3, -0.25) is 4.98 Å². The number of ether oxygens (including phenoxy) is 1. The van der Waals surface area contributed by atoms with E-state index >= 15 is 0 Å². The molecule has 0 bridgehead atoms. The van der Waals surface area contributed by atoms with Gasteiger partial charge < -0.3 is 15.8 Å². The molecular formula is C17H23N3O. The van der Waals surface area contributed by atoms with Crippen molar-refractivity contribution in [1.82, 2.24) is 10.3 Å². The summed E-state index contributed by atoms with van der Waals surface area (Å²) < 4.78 is 5.33. The fourth-order valence-corrected chi connectivity index (χ4v) is 2.44. The lowest BCUT2D eigenvalue weighted by molar-refractivity contribution is 0.411. The molecule has 2 aromatic rings. The van der Waals surface area contributed by atoms with Crippen LogP contribution in [0.5, 0.6) is 5.75 Å². The Bertz CT molecular complexity index is 598. The van der Waals surface area contributed by atoms with Gasteiger partial charge >= 0.3 is 0 Å². The van der Waals surface area contributed by atoms with Crippen LogP contribution < -0.4 is 15.8 Å². The SMILES string of the molecule is CCCNC(c1ccc(OC)c(C)c1)c1cnccc1N. The van der Waals surface area contributed by atoms with Crippen LogP contribution in [0.2, 0.25) is 0 Å². The molecule has 2 rings (SSSR count). The number of nitrogens with one attached hydrogen (secondary N) is 1. The molecule has 21 heavy (non-hydrogen) atoms. The molecular weight excluding hydrogens is 262 g/mol. The van der Waals surface area contributed by atoms with Gasteiger partial charge in [0.25, 0.3) is 0 Å². The number of pyridine rings is 1. The summed E-state index contributed by atoms with van der Waals surface area (Å²) in [5.74, 6) is 0.896. The van der Waals surface area contributed by atoms with Crippen LogP contribution in [0.25, 0.3) is 0 Å². The summed E-state index contributed by atoms with van der Waals surface area (Å²) in [6.45, 7) is 5.12. The Morgan fingerprint density at radius 1 is 1.33 bits per heavy atom. The van der Waals surface area contributed by atoms with Crippen molar-refractivity contribution in [1.29, 1.82) is 0 Å². The molecule has 1 aromatic carbocycles. The van der Waals surface area contributed by atoms with E-state index in [1.165, 1.54) is 5.56 Å². The lowest BCUT2D eigenvalue weighted by atomic mass is 9.97. The predicted octanol–water partition coefficient (Wildman–Crippen LogP) is 3.07. The molecule has 0 spiro atoms. The Kier molecular flexibility index (Phi) is 5.17. The Hall–Kier alpha value is -2.07. The third-order valence-corrected chi connectivity index (χ3v) is 3.55. The topological polar surface area (TPSA) is 60.2 Å². The van der Waals surface area contributed by atoms with Gasteiger partial charge in [0.15, 0.2) is 0 Å². The highest BCUT2D eigenvalue weighted by atomic mass is 16.5. The zero-order valence-electron chi connectivity index (χ0n) is 12.9. The molecule has 4 nitrogen and oxygen atoms in total. The molecule has 1 aromatic heterocycles. The van der Waals surface area contributed by atoms with Crippen LogP contribution in [0.3, 0.4) is 0 Å². The molecule has 0 fully saturated rings.